The summed E-state index contributed by atoms with van der Waals surface area (Å²) in [7, 11) is 0. The molecule has 0 radical (unpaired) electrons. The highest BCUT2D eigenvalue weighted by molar-refractivity contribution is 5.16. The van der Waals surface area contributed by atoms with Crippen LogP contribution in [-0.4, -0.2) is 0 Å². The molecule has 0 bridgehead atoms. The van der Waals surface area contributed by atoms with Crippen LogP contribution in [0, 0.1) is 5.82 Å². The van der Waals surface area contributed by atoms with E-state index in [9.17, 15) is 4.39 Å². The zero-order valence-corrected chi connectivity index (χ0v) is 11.8. The second-order valence-electron chi connectivity index (χ2n) is 5.21. The first-order valence-electron chi connectivity index (χ1n) is 7.57. The topological polar surface area (TPSA) is 0 Å². The van der Waals surface area contributed by atoms with Crippen LogP contribution in [0.2, 0.25) is 0 Å². The van der Waals surface area contributed by atoms with Crippen molar-refractivity contribution in [2.24, 2.45) is 0 Å². The molecule has 0 spiro atoms. The van der Waals surface area contributed by atoms with E-state index in [0.29, 0.717) is 0 Å². The molecule has 102 valence electrons. The highest BCUT2D eigenvalue weighted by Gasteiger charge is 1.96. The summed E-state index contributed by atoms with van der Waals surface area (Å²) < 4.78 is 12.9. The van der Waals surface area contributed by atoms with Crippen molar-refractivity contribution in [3.63, 3.8) is 0 Å². The van der Waals surface area contributed by atoms with Crippen molar-refractivity contribution in [2.75, 3.05) is 0 Å². The Bertz CT molecular complexity index is 306. The molecule has 0 saturated heterocycles. The van der Waals surface area contributed by atoms with Crippen LogP contribution in [-0.2, 0) is 6.42 Å². The van der Waals surface area contributed by atoms with Gasteiger partial charge < -0.3 is 0 Å². The monoisotopic (exact) mass is 250 g/mol. The van der Waals surface area contributed by atoms with Crippen LogP contribution in [0.3, 0.4) is 0 Å². The van der Waals surface area contributed by atoms with E-state index in [0.717, 1.165) is 12.0 Å². The van der Waals surface area contributed by atoms with Crippen molar-refractivity contribution in [2.45, 2.75) is 71.1 Å². The molecule has 0 aliphatic carbocycles. The first-order chi connectivity index (χ1) is 8.83. The second-order valence-corrected chi connectivity index (χ2v) is 5.21. The largest absolute Gasteiger partial charge is 0.207 e. The van der Waals surface area contributed by atoms with Crippen LogP contribution in [0.5, 0.6) is 0 Å². The molecule has 0 nitrogen and oxygen atoms in total. The summed E-state index contributed by atoms with van der Waals surface area (Å²) >= 11 is 0. The van der Waals surface area contributed by atoms with Crippen LogP contribution in [0.1, 0.15) is 70.3 Å². The van der Waals surface area contributed by atoms with Gasteiger partial charge in [0.1, 0.15) is 5.82 Å². The predicted octanol–water partition coefficient (Wildman–Crippen LogP) is 5.90. The molecule has 0 amide bonds. The highest BCUT2D eigenvalue weighted by Crippen LogP contribution is 2.12. The average molecular weight is 250 g/mol. The van der Waals surface area contributed by atoms with E-state index < -0.39 is 0 Å². The average Bonchev–Trinajstić information content (AvgIpc) is 2.37. The van der Waals surface area contributed by atoms with E-state index in [1.54, 1.807) is 12.1 Å². The van der Waals surface area contributed by atoms with E-state index in [-0.39, 0.29) is 5.82 Å². The Morgan fingerprint density at radius 2 is 1.44 bits per heavy atom. The molecule has 0 saturated carbocycles. The lowest BCUT2D eigenvalue weighted by Crippen LogP contribution is -1.87. The van der Waals surface area contributed by atoms with Gasteiger partial charge in [-0.15, -0.1) is 0 Å². The van der Waals surface area contributed by atoms with Gasteiger partial charge in [-0.05, 0) is 30.5 Å². The number of benzene rings is 1. The van der Waals surface area contributed by atoms with E-state index >= 15 is 0 Å². The molecule has 1 aromatic carbocycles. The van der Waals surface area contributed by atoms with Gasteiger partial charge in [0, 0.05) is 0 Å². The summed E-state index contributed by atoms with van der Waals surface area (Å²) in [6.07, 6.45) is 13.1. The molecule has 0 unspecified atom stereocenters. The highest BCUT2D eigenvalue weighted by atomic mass is 19.1. The Hall–Kier alpha value is -0.850. The molecule has 0 fully saturated rings. The molecule has 1 rings (SSSR count). The molecular weight excluding hydrogens is 223 g/mol. The van der Waals surface area contributed by atoms with Gasteiger partial charge in [0.05, 0.1) is 0 Å². The molecule has 18 heavy (non-hydrogen) atoms. The van der Waals surface area contributed by atoms with Gasteiger partial charge in [-0.2, -0.15) is 0 Å². The summed E-state index contributed by atoms with van der Waals surface area (Å²) in [5.74, 6) is -0.108. The maximum absolute atomic E-state index is 12.9. The summed E-state index contributed by atoms with van der Waals surface area (Å²) in [6, 6.07) is 7.00. The molecule has 1 heteroatoms. The minimum Gasteiger partial charge on any atom is -0.207 e. The Morgan fingerprint density at radius 1 is 0.833 bits per heavy atom. The standard InChI is InChI=1S/C17H27F/c1-2-3-4-5-6-7-8-9-10-12-16-13-11-14-17(18)15-16/h11,13-15H,2-10,12H2,1H3. The quantitative estimate of drug-likeness (QED) is 0.453. The van der Waals surface area contributed by atoms with E-state index in [4.69, 9.17) is 0 Å². The number of halogens is 1. The van der Waals surface area contributed by atoms with Gasteiger partial charge in [0.15, 0.2) is 0 Å². The van der Waals surface area contributed by atoms with Crippen LogP contribution >= 0.6 is 0 Å². The number of unbranched alkanes of at least 4 members (excludes halogenated alkanes) is 8. The number of rotatable bonds is 10. The normalized spacial score (nSPS) is 10.8. The van der Waals surface area contributed by atoms with Gasteiger partial charge in [-0.25, -0.2) is 4.39 Å². The van der Waals surface area contributed by atoms with Crippen LogP contribution in [0.25, 0.3) is 0 Å². The maximum atomic E-state index is 12.9. The molecule has 0 heterocycles. The molecule has 0 N–H and O–H groups in total. The minimum absolute atomic E-state index is 0.108. The van der Waals surface area contributed by atoms with Crippen molar-refractivity contribution in [1.29, 1.82) is 0 Å². The summed E-state index contributed by atoms with van der Waals surface area (Å²) in [5.41, 5.74) is 1.14. The molecule has 1 aromatic rings. The number of hydrogen-bond acceptors (Lipinski definition) is 0. The SMILES string of the molecule is CCCCCCCCCCCc1cccc(F)c1. The fraction of sp³-hybridized carbons (Fsp3) is 0.647. The lowest BCUT2D eigenvalue weighted by molar-refractivity contribution is 0.564. The van der Waals surface area contributed by atoms with Gasteiger partial charge in [-0.3, -0.25) is 0 Å². The van der Waals surface area contributed by atoms with Crippen LogP contribution < -0.4 is 0 Å². The van der Waals surface area contributed by atoms with Gasteiger partial charge in [0.25, 0.3) is 0 Å². The first-order valence-corrected chi connectivity index (χ1v) is 7.57. The van der Waals surface area contributed by atoms with Crippen molar-refractivity contribution in [3.05, 3.63) is 35.6 Å². The predicted molar refractivity (Wildman–Crippen MR) is 77.3 cm³/mol. The summed E-state index contributed by atoms with van der Waals surface area (Å²) in [5, 5.41) is 0. The Kier molecular flexibility index (Phi) is 8.54. The zero-order chi connectivity index (χ0) is 13.1. The molecule has 0 aliphatic rings. The fourth-order valence-electron chi connectivity index (χ4n) is 2.33. The zero-order valence-electron chi connectivity index (χ0n) is 11.8. The van der Waals surface area contributed by atoms with Gasteiger partial charge >= 0.3 is 0 Å². The van der Waals surface area contributed by atoms with Crippen LogP contribution in [0.4, 0.5) is 4.39 Å². The second kappa shape index (κ2) is 10.1. The third kappa shape index (κ3) is 7.47. The first kappa shape index (κ1) is 15.2. The smallest absolute Gasteiger partial charge is 0.123 e. The lowest BCUT2D eigenvalue weighted by atomic mass is 10.0. The van der Waals surface area contributed by atoms with E-state index in [2.05, 4.69) is 6.92 Å². The van der Waals surface area contributed by atoms with Crippen molar-refractivity contribution < 1.29 is 4.39 Å². The molecule has 0 aliphatic heterocycles. The minimum atomic E-state index is -0.108. The molecule has 0 aromatic heterocycles. The third-order valence-corrected chi connectivity index (χ3v) is 3.46. The fourth-order valence-corrected chi connectivity index (χ4v) is 2.33. The lowest BCUT2D eigenvalue weighted by Gasteiger charge is -2.03. The third-order valence-electron chi connectivity index (χ3n) is 3.46. The van der Waals surface area contributed by atoms with E-state index in [1.165, 1.54) is 63.9 Å². The van der Waals surface area contributed by atoms with Crippen molar-refractivity contribution >= 4 is 0 Å². The molecular formula is C17H27F. The summed E-state index contributed by atoms with van der Waals surface area (Å²) in [4.78, 5) is 0. The maximum Gasteiger partial charge on any atom is 0.123 e. The Labute approximate surface area is 112 Å². The van der Waals surface area contributed by atoms with Gasteiger partial charge in [0.2, 0.25) is 0 Å². The number of aryl methyl sites for hydroxylation is 1. The van der Waals surface area contributed by atoms with Crippen molar-refractivity contribution in [3.8, 4) is 0 Å². The van der Waals surface area contributed by atoms with Crippen molar-refractivity contribution in [1.82, 2.24) is 0 Å². The van der Waals surface area contributed by atoms with Gasteiger partial charge in [-0.1, -0.05) is 70.4 Å². The Balaban J connectivity index is 1.92. The van der Waals surface area contributed by atoms with E-state index in [1.807, 2.05) is 6.07 Å². The molecule has 0 atom stereocenters. The number of hydrogen-bond donors (Lipinski definition) is 0. The Morgan fingerprint density at radius 3 is 2.06 bits per heavy atom. The summed E-state index contributed by atoms with van der Waals surface area (Å²) in [6.45, 7) is 2.26. The van der Waals surface area contributed by atoms with Crippen LogP contribution in [0.15, 0.2) is 24.3 Å².